The third kappa shape index (κ3) is 5.64. The van der Waals surface area contributed by atoms with Gasteiger partial charge in [0.05, 0.1) is 21.6 Å². The number of amides is 2. The molecule has 0 aliphatic heterocycles. The quantitative estimate of drug-likeness (QED) is 0.586. The van der Waals surface area contributed by atoms with Gasteiger partial charge in [-0.2, -0.15) is 0 Å². The van der Waals surface area contributed by atoms with E-state index in [0.29, 0.717) is 4.88 Å². The van der Waals surface area contributed by atoms with Gasteiger partial charge in [-0.25, -0.2) is 9.78 Å². The first-order chi connectivity index (χ1) is 14.1. The van der Waals surface area contributed by atoms with Crippen LogP contribution < -0.4 is 5.32 Å². The Bertz CT molecular complexity index is 1050. The van der Waals surface area contributed by atoms with E-state index in [-0.39, 0.29) is 18.0 Å². The fourth-order valence-electron chi connectivity index (χ4n) is 2.61. The summed E-state index contributed by atoms with van der Waals surface area (Å²) in [7, 11) is 1.49. The van der Waals surface area contributed by atoms with Crippen molar-refractivity contribution in [2.75, 3.05) is 20.2 Å². The van der Waals surface area contributed by atoms with Gasteiger partial charge >= 0.3 is 5.97 Å². The number of aromatic nitrogens is 1. The summed E-state index contributed by atoms with van der Waals surface area (Å²) in [5.41, 5.74) is 0.535. The lowest BCUT2D eigenvalue weighted by Gasteiger charge is -2.23. The molecule has 0 radical (unpaired) electrons. The number of esters is 1. The molecule has 0 saturated carbocycles. The Morgan fingerprint density at radius 1 is 1.10 bits per heavy atom. The van der Waals surface area contributed by atoms with Gasteiger partial charge in [0, 0.05) is 12.6 Å². The molecule has 0 aliphatic rings. The van der Waals surface area contributed by atoms with Crippen LogP contribution in [0.2, 0.25) is 0 Å². The first-order valence-corrected chi connectivity index (χ1v) is 10.9. The Labute approximate surface area is 182 Å². The van der Waals surface area contributed by atoms with E-state index in [1.165, 1.54) is 23.3 Å². The van der Waals surface area contributed by atoms with Crippen molar-refractivity contribution in [1.82, 2.24) is 15.2 Å². The molecule has 2 heterocycles. The molecule has 1 aromatic carbocycles. The molecule has 158 valence electrons. The molecule has 0 saturated heterocycles. The normalized spacial score (nSPS) is 11.3. The van der Waals surface area contributed by atoms with E-state index >= 15 is 0 Å². The van der Waals surface area contributed by atoms with Crippen molar-refractivity contribution in [3.63, 3.8) is 0 Å². The molecule has 0 unspecified atom stereocenters. The van der Waals surface area contributed by atoms with Crippen LogP contribution in [0, 0.1) is 0 Å². The van der Waals surface area contributed by atoms with E-state index < -0.39 is 18.5 Å². The summed E-state index contributed by atoms with van der Waals surface area (Å²) in [5, 5.41) is 3.61. The lowest BCUT2D eigenvalue weighted by Crippen LogP contribution is -2.46. The third-order valence-corrected chi connectivity index (χ3v) is 6.23. The number of fused-ring (bicyclic) bond motifs is 1. The maximum atomic E-state index is 12.3. The molecule has 0 atom stereocenters. The molecule has 0 bridgehead atoms. The summed E-state index contributed by atoms with van der Waals surface area (Å²) in [5.74, 6) is -1.30. The highest BCUT2D eigenvalue weighted by atomic mass is 32.1. The number of thiazole rings is 1. The first kappa shape index (κ1) is 21.9. The van der Waals surface area contributed by atoms with E-state index in [1.54, 1.807) is 17.4 Å². The lowest BCUT2D eigenvalue weighted by atomic mass is 10.1. The van der Waals surface area contributed by atoms with Crippen molar-refractivity contribution in [3.05, 3.63) is 41.3 Å². The average Bonchev–Trinajstić information content (AvgIpc) is 3.30. The van der Waals surface area contributed by atoms with Gasteiger partial charge in [-0.15, -0.1) is 22.7 Å². The van der Waals surface area contributed by atoms with Gasteiger partial charge in [-0.3, -0.25) is 9.59 Å². The zero-order chi connectivity index (χ0) is 21.9. The van der Waals surface area contributed by atoms with Crippen molar-refractivity contribution < 1.29 is 19.1 Å². The minimum Gasteiger partial charge on any atom is -0.451 e. The molecule has 30 heavy (non-hydrogen) atoms. The van der Waals surface area contributed by atoms with Crippen LogP contribution in [0.3, 0.4) is 0 Å². The van der Waals surface area contributed by atoms with Gasteiger partial charge in [0.2, 0.25) is 5.91 Å². The summed E-state index contributed by atoms with van der Waals surface area (Å²) in [6.45, 7) is 5.05. The molecule has 0 aliphatic carbocycles. The summed E-state index contributed by atoms with van der Waals surface area (Å²) >= 11 is 2.83. The van der Waals surface area contributed by atoms with Crippen LogP contribution in [0.15, 0.2) is 36.4 Å². The topological polar surface area (TPSA) is 88.6 Å². The van der Waals surface area contributed by atoms with E-state index in [4.69, 9.17) is 4.74 Å². The molecular formula is C21H23N3O4S2. The van der Waals surface area contributed by atoms with Crippen LogP contribution >= 0.6 is 22.7 Å². The van der Waals surface area contributed by atoms with Gasteiger partial charge in [0.1, 0.15) is 9.88 Å². The maximum Gasteiger partial charge on any atom is 0.348 e. The highest BCUT2D eigenvalue weighted by Crippen LogP contribution is 2.34. The predicted octanol–water partition coefficient (Wildman–Crippen LogP) is 3.55. The SMILES string of the molecule is CN(CC(=O)NC(C)(C)C)C(=O)COC(=O)c1ccc(-c2nc3ccccc3s2)s1. The van der Waals surface area contributed by atoms with Gasteiger partial charge in [0.15, 0.2) is 6.61 Å². The number of thiophene rings is 1. The first-order valence-electron chi connectivity index (χ1n) is 9.30. The molecule has 1 N–H and O–H groups in total. The molecular weight excluding hydrogens is 422 g/mol. The number of hydrogen-bond acceptors (Lipinski definition) is 7. The molecule has 7 nitrogen and oxygen atoms in total. The second-order valence-corrected chi connectivity index (χ2v) is 9.89. The molecule has 9 heteroatoms. The minimum atomic E-state index is -0.576. The van der Waals surface area contributed by atoms with Crippen molar-refractivity contribution in [1.29, 1.82) is 0 Å². The zero-order valence-electron chi connectivity index (χ0n) is 17.2. The monoisotopic (exact) mass is 445 g/mol. The number of carbonyl (C=O) groups excluding carboxylic acids is 3. The number of nitrogens with one attached hydrogen (secondary N) is 1. The average molecular weight is 446 g/mol. The van der Waals surface area contributed by atoms with Gasteiger partial charge in [0.25, 0.3) is 5.91 Å². The number of ether oxygens (including phenoxy) is 1. The van der Waals surface area contributed by atoms with Crippen molar-refractivity contribution in [3.8, 4) is 9.88 Å². The Morgan fingerprint density at radius 2 is 1.83 bits per heavy atom. The van der Waals surface area contributed by atoms with E-state index in [1.807, 2.05) is 51.1 Å². The van der Waals surface area contributed by atoms with Gasteiger partial charge in [-0.1, -0.05) is 12.1 Å². The third-order valence-electron chi connectivity index (χ3n) is 3.96. The number of para-hydroxylation sites is 1. The summed E-state index contributed by atoms with van der Waals surface area (Å²) in [6.07, 6.45) is 0. The second kappa shape index (κ2) is 8.93. The Morgan fingerprint density at radius 3 is 2.53 bits per heavy atom. The number of likely N-dealkylation sites (N-methyl/N-ethyl adjacent to an activating group) is 1. The number of rotatable bonds is 6. The van der Waals surface area contributed by atoms with Crippen LogP contribution in [0.5, 0.6) is 0 Å². The van der Waals surface area contributed by atoms with Crippen molar-refractivity contribution in [2.45, 2.75) is 26.3 Å². The molecule has 0 spiro atoms. The molecule has 3 rings (SSSR count). The smallest absolute Gasteiger partial charge is 0.348 e. The summed E-state index contributed by atoms with van der Waals surface area (Å²) in [4.78, 5) is 43.5. The maximum absolute atomic E-state index is 12.3. The van der Waals surface area contributed by atoms with E-state index in [9.17, 15) is 14.4 Å². The van der Waals surface area contributed by atoms with Crippen LogP contribution in [0.1, 0.15) is 30.4 Å². The number of hydrogen-bond donors (Lipinski definition) is 1. The largest absolute Gasteiger partial charge is 0.451 e. The molecule has 2 amide bonds. The molecule has 2 aromatic heterocycles. The highest BCUT2D eigenvalue weighted by Gasteiger charge is 2.20. The van der Waals surface area contributed by atoms with Crippen LogP contribution in [-0.4, -0.2) is 53.4 Å². The second-order valence-electron chi connectivity index (χ2n) is 7.77. The number of carbonyl (C=O) groups is 3. The standard InChI is InChI=1S/C21H23N3O4S2/c1-21(2,3)23-17(25)11-24(4)18(26)12-28-20(27)16-10-9-15(29-16)19-22-13-7-5-6-8-14(13)30-19/h5-10H,11-12H2,1-4H3,(H,23,25). The highest BCUT2D eigenvalue weighted by molar-refractivity contribution is 7.26. The summed E-state index contributed by atoms with van der Waals surface area (Å²) in [6, 6.07) is 11.3. The fourth-order valence-corrected chi connectivity index (χ4v) is 4.53. The van der Waals surface area contributed by atoms with Gasteiger partial charge < -0.3 is 15.0 Å². The lowest BCUT2D eigenvalue weighted by molar-refractivity contribution is -0.137. The number of benzene rings is 1. The minimum absolute atomic E-state index is 0.103. The predicted molar refractivity (Wildman–Crippen MR) is 119 cm³/mol. The van der Waals surface area contributed by atoms with Crippen LogP contribution in [-0.2, 0) is 14.3 Å². The van der Waals surface area contributed by atoms with Gasteiger partial charge in [-0.05, 0) is 45.0 Å². The Kier molecular flexibility index (Phi) is 6.52. The van der Waals surface area contributed by atoms with Crippen molar-refractivity contribution >= 4 is 50.7 Å². The summed E-state index contributed by atoms with van der Waals surface area (Å²) < 4.78 is 6.21. The van der Waals surface area contributed by atoms with Crippen molar-refractivity contribution in [2.24, 2.45) is 0 Å². The van der Waals surface area contributed by atoms with E-state index in [0.717, 1.165) is 20.1 Å². The Hall–Kier alpha value is -2.78. The number of nitrogens with zero attached hydrogens (tertiary/aromatic N) is 2. The van der Waals surface area contributed by atoms with Crippen LogP contribution in [0.25, 0.3) is 20.1 Å². The van der Waals surface area contributed by atoms with Crippen LogP contribution in [0.4, 0.5) is 0 Å². The Balaban J connectivity index is 1.55. The van der Waals surface area contributed by atoms with E-state index in [2.05, 4.69) is 10.3 Å². The zero-order valence-corrected chi connectivity index (χ0v) is 18.9. The molecule has 0 fully saturated rings. The molecule has 3 aromatic rings. The fraction of sp³-hybridized carbons (Fsp3) is 0.333.